The van der Waals surface area contributed by atoms with E-state index in [1.54, 1.807) is 0 Å². The molecule has 0 saturated carbocycles. The molecule has 104 valence electrons. The highest BCUT2D eigenvalue weighted by molar-refractivity contribution is 6.18. The molecule has 4 rings (SSSR count). The van der Waals surface area contributed by atoms with Crippen molar-refractivity contribution in [3.05, 3.63) is 58.7 Å². The van der Waals surface area contributed by atoms with Gasteiger partial charge in [-0.25, -0.2) is 19.2 Å². The molecule has 2 aromatic carbocycles. The van der Waals surface area contributed by atoms with Crippen molar-refractivity contribution in [1.82, 2.24) is 0 Å². The number of ether oxygens (including phenoxy) is 2. The summed E-state index contributed by atoms with van der Waals surface area (Å²) in [6.45, 7) is 0. The van der Waals surface area contributed by atoms with Crippen LogP contribution in [-0.4, -0.2) is 23.9 Å². The molecule has 0 atom stereocenters. The highest BCUT2D eigenvalue weighted by Gasteiger charge is 2.34. The van der Waals surface area contributed by atoms with Gasteiger partial charge in [-0.2, -0.15) is 0 Å². The van der Waals surface area contributed by atoms with Gasteiger partial charge in [-0.1, -0.05) is 18.2 Å². The zero-order valence-corrected chi connectivity index (χ0v) is 10.8. The van der Waals surface area contributed by atoms with E-state index in [1.807, 2.05) is 0 Å². The summed E-state index contributed by atoms with van der Waals surface area (Å²) in [5.74, 6) is -2.99. The number of hydrogen-bond donors (Lipinski definition) is 0. The SMILES string of the molecule is O=C1OC(=O)c2cc(-c3c#ccc4c3C(=O)OC4=O)ccc21. The first-order chi connectivity index (χ1) is 10.6. The zero-order valence-electron chi connectivity index (χ0n) is 10.8. The first kappa shape index (κ1) is 12.3. The Morgan fingerprint density at radius 3 is 2.27 bits per heavy atom. The van der Waals surface area contributed by atoms with Crippen LogP contribution < -0.4 is 0 Å². The third-order valence-electron chi connectivity index (χ3n) is 3.48. The van der Waals surface area contributed by atoms with Gasteiger partial charge in [0.15, 0.2) is 0 Å². The smallest absolute Gasteiger partial charge is 0.348 e. The Balaban J connectivity index is 1.94. The van der Waals surface area contributed by atoms with E-state index < -0.39 is 23.9 Å². The lowest BCUT2D eigenvalue weighted by Crippen LogP contribution is -1.99. The average Bonchev–Trinajstić information content (AvgIpc) is 2.96. The van der Waals surface area contributed by atoms with Crippen LogP contribution in [0.15, 0.2) is 24.3 Å². The van der Waals surface area contributed by atoms with Gasteiger partial charge in [-0.15, -0.1) is 0 Å². The zero-order chi connectivity index (χ0) is 15.4. The van der Waals surface area contributed by atoms with Crippen LogP contribution in [0, 0.1) is 12.1 Å². The summed E-state index contributed by atoms with van der Waals surface area (Å²) in [4.78, 5) is 46.4. The van der Waals surface area contributed by atoms with Crippen LogP contribution in [0.1, 0.15) is 41.4 Å². The number of esters is 4. The van der Waals surface area contributed by atoms with Gasteiger partial charge in [0.25, 0.3) is 0 Å². The van der Waals surface area contributed by atoms with E-state index in [1.165, 1.54) is 24.3 Å². The molecule has 2 aliphatic heterocycles. The van der Waals surface area contributed by atoms with Crippen LogP contribution in [-0.2, 0) is 9.47 Å². The predicted molar refractivity (Wildman–Crippen MR) is 69.0 cm³/mol. The monoisotopic (exact) mass is 292 g/mol. The van der Waals surface area contributed by atoms with Crippen molar-refractivity contribution in [2.75, 3.05) is 0 Å². The summed E-state index contributed by atoms with van der Waals surface area (Å²) < 4.78 is 9.07. The molecule has 0 radical (unpaired) electrons. The maximum Gasteiger partial charge on any atom is 0.348 e. The molecule has 0 aliphatic carbocycles. The van der Waals surface area contributed by atoms with Crippen molar-refractivity contribution in [3.8, 4) is 11.1 Å². The van der Waals surface area contributed by atoms with Crippen LogP contribution in [0.2, 0.25) is 0 Å². The van der Waals surface area contributed by atoms with Gasteiger partial charge in [-0.05, 0) is 17.7 Å². The molecular weight excluding hydrogens is 288 g/mol. The molecule has 0 amide bonds. The maximum absolute atomic E-state index is 11.8. The Labute approximate surface area is 123 Å². The minimum atomic E-state index is -0.778. The number of carbonyl (C=O) groups is 4. The fourth-order valence-corrected chi connectivity index (χ4v) is 2.47. The van der Waals surface area contributed by atoms with Crippen LogP contribution in [0.5, 0.6) is 0 Å². The quantitative estimate of drug-likeness (QED) is 0.585. The summed E-state index contributed by atoms with van der Waals surface area (Å²) in [5, 5.41) is 0. The Kier molecular flexibility index (Phi) is 2.25. The third kappa shape index (κ3) is 1.50. The van der Waals surface area contributed by atoms with Crippen LogP contribution >= 0.6 is 0 Å². The molecule has 0 N–H and O–H groups in total. The van der Waals surface area contributed by atoms with Gasteiger partial charge in [0.2, 0.25) is 0 Å². The van der Waals surface area contributed by atoms with Gasteiger partial charge < -0.3 is 9.47 Å². The van der Waals surface area contributed by atoms with Crippen LogP contribution in [0.3, 0.4) is 0 Å². The van der Waals surface area contributed by atoms with Crippen molar-refractivity contribution < 1.29 is 28.7 Å². The molecule has 22 heavy (non-hydrogen) atoms. The largest absolute Gasteiger partial charge is 0.386 e. The number of hydrogen-bond acceptors (Lipinski definition) is 6. The third-order valence-corrected chi connectivity index (χ3v) is 3.48. The van der Waals surface area contributed by atoms with Crippen molar-refractivity contribution >= 4 is 23.9 Å². The second-order valence-electron chi connectivity index (χ2n) is 4.69. The number of carbonyl (C=O) groups excluding carboxylic acids is 4. The second-order valence-corrected chi connectivity index (χ2v) is 4.69. The molecule has 0 unspecified atom stereocenters. The van der Waals surface area contributed by atoms with Crippen molar-refractivity contribution in [1.29, 1.82) is 0 Å². The molecule has 0 saturated heterocycles. The maximum atomic E-state index is 11.8. The van der Waals surface area contributed by atoms with Gasteiger partial charge in [0.1, 0.15) is 0 Å². The summed E-state index contributed by atoms with van der Waals surface area (Å²) >= 11 is 0. The molecule has 2 aromatic rings. The fourth-order valence-electron chi connectivity index (χ4n) is 2.47. The van der Waals surface area contributed by atoms with Gasteiger partial charge in [0.05, 0.1) is 22.3 Å². The predicted octanol–water partition coefficient (Wildman–Crippen LogP) is 1.58. The van der Waals surface area contributed by atoms with Crippen molar-refractivity contribution in [2.24, 2.45) is 0 Å². The lowest BCUT2D eigenvalue weighted by atomic mass is 9.95. The van der Waals surface area contributed by atoms with E-state index in [4.69, 9.17) is 0 Å². The summed E-state index contributed by atoms with van der Waals surface area (Å²) in [7, 11) is 0. The Bertz CT molecular complexity index is 909. The average molecular weight is 292 g/mol. The normalized spacial score (nSPS) is 15.1. The van der Waals surface area contributed by atoms with Crippen molar-refractivity contribution in [3.63, 3.8) is 0 Å². The highest BCUT2D eigenvalue weighted by Crippen LogP contribution is 2.32. The van der Waals surface area contributed by atoms with Crippen LogP contribution in [0.25, 0.3) is 11.1 Å². The van der Waals surface area contributed by atoms with E-state index in [0.717, 1.165) is 0 Å². The molecule has 0 fully saturated rings. The first-order valence-electron chi connectivity index (χ1n) is 6.20. The summed E-state index contributed by atoms with van der Waals surface area (Å²) in [6, 6.07) is 11.1. The summed E-state index contributed by atoms with van der Waals surface area (Å²) in [6.07, 6.45) is 0. The Morgan fingerprint density at radius 2 is 1.45 bits per heavy atom. The minimum absolute atomic E-state index is 0.0707. The van der Waals surface area contributed by atoms with E-state index >= 15 is 0 Å². The Morgan fingerprint density at radius 1 is 0.773 bits per heavy atom. The highest BCUT2D eigenvalue weighted by atomic mass is 16.6. The number of cyclic esters (lactones) is 4. The molecule has 2 aliphatic rings. The molecule has 6 heteroatoms. The summed E-state index contributed by atoms with van der Waals surface area (Å²) in [5.41, 5.74) is 1.14. The first-order valence-corrected chi connectivity index (χ1v) is 6.20. The molecule has 0 bridgehead atoms. The number of benzene rings is 1. The molecule has 0 spiro atoms. The molecule has 0 aromatic heterocycles. The number of rotatable bonds is 1. The van der Waals surface area contributed by atoms with Gasteiger partial charge in [-0.3, -0.25) is 0 Å². The molecule has 6 nitrogen and oxygen atoms in total. The van der Waals surface area contributed by atoms with Gasteiger partial charge in [0, 0.05) is 11.6 Å². The number of fused-ring (bicyclic) bond motifs is 2. The lowest BCUT2D eigenvalue weighted by molar-refractivity contribution is 0.0426. The standard InChI is InChI=1S/C16H4O6/c17-13-9-5-4-7(6-11(9)15(19)21-13)8-2-1-3-10-12(8)16(20)22-14(10)18/h3-6H. The topological polar surface area (TPSA) is 86.7 Å². The van der Waals surface area contributed by atoms with Crippen molar-refractivity contribution in [2.45, 2.75) is 0 Å². The molecule has 2 heterocycles. The van der Waals surface area contributed by atoms with E-state index in [0.29, 0.717) is 5.56 Å². The minimum Gasteiger partial charge on any atom is -0.386 e. The lowest BCUT2D eigenvalue weighted by Gasteiger charge is -2.03. The van der Waals surface area contributed by atoms with Crippen LogP contribution in [0.4, 0.5) is 0 Å². The second kappa shape index (κ2) is 4.02. The van der Waals surface area contributed by atoms with E-state index in [2.05, 4.69) is 21.6 Å². The Hall–Kier alpha value is -3.46. The molecular formula is C16H4O6. The van der Waals surface area contributed by atoms with Gasteiger partial charge >= 0.3 is 23.9 Å². The van der Waals surface area contributed by atoms with E-state index in [9.17, 15) is 19.2 Å². The fraction of sp³-hybridized carbons (Fsp3) is 0. The van der Waals surface area contributed by atoms with E-state index in [-0.39, 0.29) is 27.8 Å².